The van der Waals surface area contributed by atoms with Crippen LogP contribution in [-0.2, 0) is 0 Å². The highest BCUT2D eigenvalue weighted by Gasteiger charge is 2.11. The summed E-state index contributed by atoms with van der Waals surface area (Å²) in [5.41, 5.74) is 4.51. The van der Waals surface area contributed by atoms with Gasteiger partial charge in [-0.2, -0.15) is 0 Å². The number of nitrogens with zero attached hydrogens (tertiary/aromatic N) is 1. The Hall–Kier alpha value is -2.55. The van der Waals surface area contributed by atoms with E-state index in [1.54, 1.807) is 0 Å². The van der Waals surface area contributed by atoms with Gasteiger partial charge in [-0.1, -0.05) is 35.8 Å². The third-order valence-electron chi connectivity index (χ3n) is 3.91. The van der Waals surface area contributed by atoms with E-state index >= 15 is 0 Å². The molecule has 0 spiro atoms. The standard InChI is InChI=1S/C18H13BFN/c19-12-5-10-18-16(11-12)15-3-1-2-4-17(15)21(18)14-8-6-13(20)7-9-14/h1-11H,19H2. The quantitative estimate of drug-likeness (QED) is 0.469. The largest absolute Gasteiger partial charge is 0.309 e. The Morgan fingerprint density at radius 2 is 1.48 bits per heavy atom. The van der Waals surface area contributed by atoms with E-state index in [-0.39, 0.29) is 5.82 Å². The molecule has 0 bridgehead atoms. The summed E-state index contributed by atoms with van der Waals surface area (Å²) in [6.45, 7) is 0. The lowest BCUT2D eigenvalue weighted by Gasteiger charge is -2.07. The van der Waals surface area contributed by atoms with Crippen LogP contribution in [0.2, 0.25) is 0 Å². The minimum absolute atomic E-state index is 0.213. The summed E-state index contributed by atoms with van der Waals surface area (Å²) < 4.78 is 15.4. The van der Waals surface area contributed by atoms with E-state index in [2.05, 4.69) is 48.8 Å². The van der Waals surface area contributed by atoms with E-state index in [1.807, 2.05) is 18.2 Å². The molecule has 100 valence electrons. The van der Waals surface area contributed by atoms with Gasteiger partial charge in [0.25, 0.3) is 0 Å². The Morgan fingerprint density at radius 3 is 2.29 bits per heavy atom. The van der Waals surface area contributed by atoms with Gasteiger partial charge in [-0.25, -0.2) is 4.39 Å². The summed E-state index contributed by atoms with van der Waals surface area (Å²) in [7, 11) is 2.10. The van der Waals surface area contributed by atoms with Crippen LogP contribution in [0, 0.1) is 5.82 Å². The van der Waals surface area contributed by atoms with Crippen molar-refractivity contribution in [1.29, 1.82) is 0 Å². The Morgan fingerprint density at radius 1 is 0.762 bits per heavy atom. The van der Waals surface area contributed by atoms with Crippen molar-refractivity contribution in [3.63, 3.8) is 0 Å². The minimum Gasteiger partial charge on any atom is -0.309 e. The first-order valence-corrected chi connectivity index (χ1v) is 7.00. The second kappa shape index (κ2) is 4.49. The van der Waals surface area contributed by atoms with Gasteiger partial charge in [0.2, 0.25) is 0 Å². The SMILES string of the molecule is Bc1ccc2c(c1)c1ccccc1n2-c1ccc(F)cc1. The van der Waals surface area contributed by atoms with Gasteiger partial charge in [0.05, 0.1) is 11.0 Å². The van der Waals surface area contributed by atoms with E-state index in [9.17, 15) is 4.39 Å². The number of rotatable bonds is 1. The average molecular weight is 273 g/mol. The Balaban J connectivity index is 2.17. The first kappa shape index (κ1) is 12.2. The second-order valence-electron chi connectivity index (χ2n) is 5.35. The molecule has 3 aromatic carbocycles. The molecule has 3 heteroatoms. The zero-order valence-electron chi connectivity index (χ0n) is 11.7. The zero-order valence-corrected chi connectivity index (χ0v) is 11.7. The lowest BCUT2D eigenvalue weighted by molar-refractivity contribution is 0.627. The van der Waals surface area contributed by atoms with Crippen LogP contribution in [0.5, 0.6) is 0 Å². The monoisotopic (exact) mass is 273 g/mol. The molecule has 1 heterocycles. The minimum atomic E-state index is -0.213. The summed E-state index contributed by atoms with van der Waals surface area (Å²) in [6, 6.07) is 21.4. The van der Waals surface area contributed by atoms with Crippen molar-refractivity contribution in [2.24, 2.45) is 0 Å². The van der Waals surface area contributed by atoms with Gasteiger partial charge >= 0.3 is 0 Å². The van der Waals surface area contributed by atoms with Crippen LogP contribution in [0.3, 0.4) is 0 Å². The van der Waals surface area contributed by atoms with Crippen molar-refractivity contribution in [2.75, 3.05) is 0 Å². The van der Waals surface area contributed by atoms with E-state index in [1.165, 1.54) is 28.4 Å². The molecule has 1 aromatic heterocycles. The topological polar surface area (TPSA) is 4.93 Å². The molecule has 1 nitrogen and oxygen atoms in total. The Labute approximate surface area is 123 Å². The molecule has 0 unspecified atom stereocenters. The van der Waals surface area contributed by atoms with Crippen LogP contribution in [-0.4, -0.2) is 12.4 Å². The number of fused-ring (bicyclic) bond motifs is 3. The van der Waals surface area contributed by atoms with E-state index in [0.29, 0.717) is 0 Å². The fourth-order valence-electron chi connectivity index (χ4n) is 2.96. The third kappa shape index (κ3) is 1.85. The molecule has 0 aliphatic carbocycles. The third-order valence-corrected chi connectivity index (χ3v) is 3.91. The van der Waals surface area contributed by atoms with Crippen molar-refractivity contribution in [3.05, 3.63) is 72.5 Å². The predicted molar refractivity (Wildman–Crippen MR) is 88.9 cm³/mol. The van der Waals surface area contributed by atoms with Gasteiger partial charge in [0.15, 0.2) is 0 Å². The maximum absolute atomic E-state index is 13.2. The van der Waals surface area contributed by atoms with E-state index in [4.69, 9.17) is 0 Å². The average Bonchev–Trinajstić information content (AvgIpc) is 2.82. The van der Waals surface area contributed by atoms with Crippen molar-refractivity contribution in [3.8, 4) is 5.69 Å². The van der Waals surface area contributed by atoms with Gasteiger partial charge in [0, 0.05) is 16.5 Å². The van der Waals surface area contributed by atoms with E-state index < -0.39 is 0 Å². The second-order valence-corrected chi connectivity index (χ2v) is 5.35. The number of benzene rings is 3. The molecule has 0 saturated carbocycles. The number of aromatic nitrogens is 1. The lowest BCUT2D eigenvalue weighted by atomic mass is 9.94. The molecule has 4 rings (SSSR count). The number of hydrogen-bond acceptors (Lipinski definition) is 0. The zero-order chi connectivity index (χ0) is 14.4. The number of halogens is 1. The van der Waals surface area contributed by atoms with Gasteiger partial charge in [-0.3, -0.25) is 0 Å². The van der Waals surface area contributed by atoms with Crippen molar-refractivity contribution in [2.45, 2.75) is 0 Å². The molecule has 4 aromatic rings. The molecule has 0 atom stereocenters. The predicted octanol–water partition coefficient (Wildman–Crippen LogP) is 3.18. The highest BCUT2D eigenvalue weighted by molar-refractivity contribution is 6.33. The molecule has 0 aliphatic heterocycles. The normalized spacial score (nSPS) is 11.3. The Kier molecular flexibility index (Phi) is 2.61. The summed E-state index contributed by atoms with van der Waals surface area (Å²) in [5, 5.41) is 2.45. The van der Waals surface area contributed by atoms with Gasteiger partial charge < -0.3 is 4.57 Å². The highest BCUT2D eigenvalue weighted by atomic mass is 19.1. The number of hydrogen-bond donors (Lipinski definition) is 0. The maximum Gasteiger partial charge on any atom is 0.139 e. The van der Waals surface area contributed by atoms with Crippen molar-refractivity contribution < 1.29 is 4.39 Å². The molecule has 0 fully saturated rings. The fourth-order valence-corrected chi connectivity index (χ4v) is 2.96. The molecule has 21 heavy (non-hydrogen) atoms. The maximum atomic E-state index is 13.2. The summed E-state index contributed by atoms with van der Waals surface area (Å²) >= 11 is 0. The van der Waals surface area contributed by atoms with Gasteiger partial charge in [0.1, 0.15) is 13.7 Å². The van der Waals surface area contributed by atoms with Crippen LogP contribution in [0.15, 0.2) is 66.7 Å². The molecular formula is C18H13BFN. The highest BCUT2D eigenvalue weighted by Crippen LogP contribution is 2.31. The van der Waals surface area contributed by atoms with Crippen LogP contribution < -0.4 is 5.46 Å². The fraction of sp³-hybridized carbons (Fsp3) is 0. The van der Waals surface area contributed by atoms with E-state index in [0.717, 1.165) is 16.7 Å². The molecule has 0 amide bonds. The molecular weight excluding hydrogens is 260 g/mol. The van der Waals surface area contributed by atoms with Crippen molar-refractivity contribution >= 4 is 35.1 Å². The smallest absolute Gasteiger partial charge is 0.139 e. The molecule has 0 radical (unpaired) electrons. The summed E-state index contributed by atoms with van der Waals surface area (Å²) in [4.78, 5) is 0. The summed E-state index contributed by atoms with van der Waals surface area (Å²) in [6.07, 6.45) is 0. The lowest BCUT2D eigenvalue weighted by Crippen LogP contribution is -2.00. The van der Waals surface area contributed by atoms with Gasteiger partial charge in [-0.05, 0) is 36.4 Å². The van der Waals surface area contributed by atoms with Crippen LogP contribution in [0.1, 0.15) is 0 Å². The first-order valence-electron chi connectivity index (χ1n) is 7.00. The molecule has 0 aliphatic rings. The van der Waals surface area contributed by atoms with Crippen LogP contribution in [0.4, 0.5) is 4.39 Å². The molecule has 0 saturated heterocycles. The van der Waals surface area contributed by atoms with Crippen LogP contribution in [0.25, 0.3) is 27.5 Å². The molecule has 0 N–H and O–H groups in total. The van der Waals surface area contributed by atoms with Crippen LogP contribution >= 0.6 is 0 Å². The van der Waals surface area contributed by atoms with Crippen molar-refractivity contribution in [1.82, 2.24) is 4.57 Å². The summed E-state index contributed by atoms with van der Waals surface area (Å²) in [5.74, 6) is -0.213. The number of para-hydroxylation sites is 1. The Bertz CT molecular complexity index is 954. The van der Waals surface area contributed by atoms with Gasteiger partial charge in [-0.15, -0.1) is 0 Å². The first-order chi connectivity index (χ1) is 10.2.